The largest absolute Gasteiger partial charge is 0.364 e. The van der Waals surface area contributed by atoms with E-state index >= 15 is 0 Å². The van der Waals surface area contributed by atoms with Gasteiger partial charge in [0.05, 0.1) is 5.52 Å². The maximum atomic E-state index is 10.8. The Kier molecular flexibility index (Phi) is 1.70. The van der Waals surface area contributed by atoms with Gasteiger partial charge in [-0.1, -0.05) is 24.3 Å². The van der Waals surface area contributed by atoms with Crippen molar-refractivity contribution >= 4 is 16.8 Å². The number of carbonyl (C=O) groups excluding carboxylic acids is 1. The summed E-state index contributed by atoms with van der Waals surface area (Å²) < 4.78 is 0. The van der Waals surface area contributed by atoms with E-state index in [1.54, 1.807) is 18.2 Å². The number of aromatic nitrogens is 1. The highest BCUT2D eigenvalue weighted by atomic mass is 16.1. The van der Waals surface area contributed by atoms with E-state index in [-0.39, 0.29) is 5.69 Å². The molecule has 0 atom stereocenters. The third-order valence-electron chi connectivity index (χ3n) is 1.77. The molecule has 1 radical (unpaired) electrons. The molecule has 0 saturated heterocycles. The number of nitrogens with zero attached hydrogens (tertiary/aromatic N) is 1. The summed E-state index contributed by atoms with van der Waals surface area (Å²) >= 11 is 0. The molecule has 0 saturated carbocycles. The average Bonchev–Trinajstić information content (AvgIpc) is 2.17. The SMILES string of the molecule is NC(=O)c1ccc2ccc[c]c2n1. The number of pyridine rings is 1. The first kappa shape index (κ1) is 7.73. The highest BCUT2D eigenvalue weighted by Gasteiger charge is 2.01. The summed E-state index contributed by atoms with van der Waals surface area (Å²) in [4.78, 5) is 14.8. The van der Waals surface area contributed by atoms with Crippen molar-refractivity contribution in [2.45, 2.75) is 0 Å². The second-order valence-electron chi connectivity index (χ2n) is 2.67. The van der Waals surface area contributed by atoms with E-state index in [2.05, 4.69) is 11.1 Å². The van der Waals surface area contributed by atoms with Crippen LogP contribution in [0, 0.1) is 6.07 Å². The summed E-state index contributed by atoms with van der Waals surface area (Å²) in [5.41, 5.74) is 6.03. The lowest BCUT2D eigenvalue weighted by Crippen LogP contribution is -2.12. The van der Waals surface area contributed by atoms with Crippen LogP contribution >= 0.6 is 0 Å². The molecule has 0 aliphatic rings. The predicted octanol–water partition coefficient (Wildman–Crippen LogP) is 1.13. The Morgan fingerprint density at radius 2 is 2.23 bits per heavy atom. The van der Waals surface area contributed by atoms with Gasteiger partial charge in [0.1, 0.15) is 5.69 Å². The van der Waals surface area contributed by atoms with Gasteiger partial charge in [-0.15, -0.1) is 0 Å². The van der Waals surface area contributed by atoms with Gasteiger partial charge < -0.3 is 5.73 Å². The molecule has 1 aromatic heterocycles. The molecule has 1 amide bonds. The van der Waals surface area contributed by atoms with Crippen molar-refractivity contribution in [1.82, 2.24) is 4.98 Å². The summed E-state index contributed by atoms with van der Waals surface area (Å²) in [6.45, 7) is 0. The topological polar surface area (TPSA) is 56.0 Å². The minimum Gasteiger partial charge on any atom is -0.364 e. The molecule has 2 aromatic rings. The van der Waals surface area contributed by atoms with E-state index in [9.17, 15) is 4.79 Å². The second-order valence-corrected chi connectivity index (χ2v) is 2.67. The zero-order valence-electron chi connectivity index (χ0n) is 6.82. The summed E-state index contributed by atoms with van der Waals surface area (Å²) in [6, 6.07) is 11.9. The standard InChI is InChI=1S/C10H7N2O/c11-10(13)9-6-5-7-3-1-2-4-8(7)12-9/h1-3,5-6H,(H2,11,13). The zero-order chi connectivity index (χ0) is 9.26. The number of hydrogen-bond donors (Lipinski definition) is 1. The lowest BCUT2D eigenvalue weighted by atomic mass is 10.2. The van der Waals surface area contributed by atoms with Crippen molar-refractivity contribution in [2.24, 2.45) is 5.73 Å². The normalized spacial score (nSPS) is 10.2. The van der Waals surface area contributed by atoms with Gasteiger partial charge in [0.15, 0.2) is 0 Å². The molecule has 13 heavy (non-hydrogen) atoms. The molecule has 1 aromatic carbocycles. The molecule has 0 spiro atoms. The molecule has 0 fully saturated rings. The molecule has 0 aliphatic carbocycles. The quantitative estimate of drug-likeness (QED) is 0.699. The first-order valence-electron chi connectivity index (χ1n) is 3.84. The van der Waals surface area contributed by atoms with E-state index in [1.807, 2.05) is 12.1 Å². The second kappa shape index (κ2) is 2.86. The highest BCUT2D eigenvalue weighted by Crippen LogP contribution is 2.10. The maximum absolute atomic E-state index is 10.8. The number of fused-ring (bicyclic) bond motifs is 1. The molecule has 0 bridgehead atoms. The van der Waals surface area contributed by atoms with E-state index < -0.39 is 5.91 Å². The fourth-order valence-electron chi connectivity index (χ4n) is 1.14. The molecule has 3 heteroatoms. The van der Waals surface area contributed by atoms with Gasteiger partial charge in [-0.25, -0.2) is 4.98 Å². The van der Waals surface area contributed by atoms with Crippen molar-refractivity contribution in [3.8, 4) is 0 Å². The van der Waals surface area contributed by atoms with E-state index in [1.165, 1.54) is 0 Å². The first-order valence-corrected chi connectivity index (χ1v) is 3.84. The van der Waals surface area contributed by atoms with Crippen LogP contribution < -0.4 is 5.73 Å². The third-order valence-corrected chi connectivity index (χ3v) is 1.77. The molecular weight excluding hydrogens is 164 g/mol. The van der Waals surface area contributed by atoms with Crippen LogP contribution in [0.25, 0.3) is 10.9 Å². The monoisotopic (exact) mass is 171 g/mol. The van der Waals surface area contributed by atoms with Gasteiger partial charge in [-0.3, -0.25) is 4.79 Å². The smallest absolute Gasteiger partial charge is 0.267 e. The van der Waals surface area contributed by atoms with Gasteiger partial charge in [0.25, 0.3) is 5.91 Å². The van der Waals surface area contributed by atoms with E-state index in [4.69, 9.17) is 5.73 Å². The molecule has 2 N–H and O–H groups in total. The van der Waals surface area contributed by atoms with Crippen LogP contribution in [-0.4, -0.2) is 10.9 Å². The van der Waals surface area contributed by atoms with Crippen molar-refractivity contribution < 1.29 is 4.79 Å². The fraction of sp³-hybridized carbons (Fsp3) is 0. The summed E-state index contributed by atoms with van der Waals surface area (Å²) in [6.07, 6.45) is 0. The Morgan fingerprint density at radius 1 is 1.38 bits per heavy atom. The van der Waals surface area contributed by atoms with Crippen LogP contribution in [0.4, 0.5) is 0 Å². The lowest BCUT2D eigenvalue weighted by molar-refractivity contribution is 0.0996. The summed E-state index contributed by atoms with van der Waals surface area (Å²) in [7, 11) is 0. The Morgan fingerprint density at radius 3 is 3.00 bits per heavy atom. The number of benzene rings is 1. The molecule has 0 unspecified atom stereocenters. The number of rotatable bonds is 1. The van der Waals surface area contributed by atoms with Crippen LogP contribution in [0.1, 0.15) is 10.5 Å². The Hall–Kier alpha value is -1.90. The third kappa shape index (κ3) is 1.36. The van der Waals surface area contributed by atoms with Crippen LogP contribution in [0.3, 0.4) is 0 Å². The maximum Gasteiger partial charge on any atom is 0.267 e. The van der Waals surface area contributed by atoms with Gasteiger partial charge in [-0.2, -0.15) is 0 Å². The number of carbonyl (C=O) groups is 1. The van der Waals surface area contributed by atoms with Crippen molar-refractivity contribution in [3.63, 3.8) is 0 Å². The van der Waals surface area contributed by atoms with Crippen LogP contribution in [0.2, 0.25) is 0 Å². The number of hydrogen-bond acceptors (Lipinski definition) is 2. The number of nitrogens with two attached hydrogens (primary N) is 1. The first-order chi connectivity index (χ1) is 6.27. The molecule has 0 aliphatic heterocycles. The molecule has 1 heterocycles. The predicted molar refractivity (Wildman–Crippen MR) is 49.1 cm³/mol. The Labute approximate surface area is 75.2 Å². The average molecular weight is 171 g/mol. The van der Waals surface area contributed by atoms with Crippen LogP contribution in [-0.2, 0) is 0 Å². The zero-order valence-corrected chi connectivity index (χ0v) is 6.82. The van der Waals surface area contributed by atoms with Gasteiger partial charge >= 0.3 is 0 Å². The van der Waals surface area contributed by atoms with E-state index in [0.717, 1.165) is 5.39 Å². The highest BCUT2D eigenvalue weighted by molar-refractivity contribution is 5.93. The van der Waals surface area contributed by atoms with E-state index in [0.29, 0.717) is 5.52 Å². The van der Waals surface area contributed by atoms with Gasteiger partial charge in [0.2, 0.25) is 0 Å². The number of amides is 1. The summed E-state index contributed by atoms with van der Waals surface area (Å²) in [5.74, 6) is -0.515. The van der Waals surface area contributed by atoms with Crippen molar-refractivity contribution in [3.05, 3.63) is 42.1 Å². The molecule has 63 valence electrons. The van der Waals surface area contributed by atoms with Crippen molar-refractivity contribution in [1.29, 1.82) is 0 Å². The van der Waals surface area contributed by atoms with Crippen molar-refractivity contribution in [2.75, 3.05) is 0 Å². The molecule has 2 rings (SSSR count). The van der Waals surface area contributed by atoms with Gasteiger partial charge in [-0.05, 0) is 6.07 Å². The lowest BCUT2D eigenvalue weighted by Gasteiger charge is -1.97. The Bertz CT molecular complexity index is 465. The Balaban J connectivity index is 2.69. The minimum atomic E-state index is -0.515. The van der Waals surface area contributed by atoms with Crippen LogP contribution in [0.5, 0.6) is 0 Å². The summed E-state index contributed by atoms with van der Waals surface area (Å²) in [5, 5.41) is 0.951. The van der Waals surface area contributed by atoms with Gasteiger partial charge in [0, 0.05) is 11.5 Å². The number of primary amides is 1. The minimum absolute atomic E-state index is 0.273. The number of para-hydroxylation sites is 1. The molecular formula is C10H7N2O. The fourth-order valence-corrected chi connectivity index (χ4v) is 1.14. The van der Waals surface area contributed by atoms with Crippen LogP contribution in [0.15, 0.2) is 30.3 Å². The molecule has 3 nitrogen and oxygen atoms in total.